The van der Waals surface area contributed by atoms with Gasteiger partial charge in [-0.2, -0.15) is 0 Å². The molecule has 98 valence electrons. The highest BCUT2D eigenvalue weighted by molar-refractivity contribution is 5.93. The number of esters is 1. The number of phenols is 2. The summed E-state index contributed by atoms with van der Waals surface area (Å²) in [6, 6.07) is 2.73. The van der Waals surface area contributed by atoms with Crippen molar-refractivity contribution < 1.29 is 19.7 Å². The zero-order valence-electron chi connectivity index (χ0n) is 10.3. The number of hydrogen-bond donors (Lipinski definition) is 3. The minimum atomic E-state index is -0.600. The van der Waals surface area contributed by atoms with Crippen LogP contribution < -0.4 is 5.32 Å². The fourth-order valence-electron chi connectivity index (χ4n) is 2.31. The Labute approximate surface area is 105 Å². The molecule has 18 heavy (non-hydrogen) atoms. The molecule has 1 aromatic rings. The molecule has 1 fully saturated rings. The second kappa shape index (κ2) is 5.27. The van der Waals surface area contributed by atoms with E-state index in [1.807, 2.05) is 0 Å². The molecule has 0 aromatic heterocycles. The summed E-state index contributed by atoms with van der Waals surface area (Å²) in [7, 11) is 1.26. The van der Waals surface area contributed by atoms with Crippen molar-refractivity contribution in [1.29, 1.82) is 0 Å². The molecule has 0 amide bonds. The summed E-state index contributed by atoms with van der Waals surface area (Å²) in [5.74, 6) is -0.680. The summed E-state index contributed by atoms with van der Waals surface area (Å²) in [4.78, 5) is 11.5. The minimum Gasteiger partial charge on any atom is -0.508 e. The van der Waals surface area contributed by atoms with Gasteiger partial charge in [0.1, 0.15) is 17.1 Å². The lowest BCUT2D eigenvalue weighted by molar-refractivity contribution is 0.0597. The molecule has 1 aliphatic rings. The predicted octanol–water partition coefficient (Wildman–Crippen LogP) is 1.35. The molecule has 1 atom stereocenters. The fourth-order valence-corrected chi connectivity index (χ4v) is 2.31. The maximum atomic E-state index is 11.5. The molecule has 0 bridgehead atoms. The Hall–Kier alpha value is -1.75. The molecule has 3 N–H and O–H groups in total. The van der Waals surface area contributed by atoms with Crippen LogP contribution in [0.25, 0.3) is 0 Å². The zero-order chi connectivity index (χ0) is 13.1. The smallest absolute Gasteiger partial charge is 0.341 e. The van der Waals surface area contributed by atoms with Crippen molar-refractivity contribution in [1.82, 2.24) is 5.32 Å². The highest BCUT2D eigenvalue weighted by Gasteiger charge is 2.22. The lowest BCUT2D eigenvalue weighted by Crippen LogP contribution is -2.28. The normalized spacial score (nSPS) is 19.5. The van der Waals surface area contributed by atoms with E-state index in [1.54, 1.807) is 0 Å². The molecule has 5 nitrogen and oxygen atoms in total. The quantitative estimate of drug-likeness (QED) is 0.691. The molecule has 0 aliphatic carbocycles. The first-order valence-corrected chi connectivity index (χ1v) is 5.98. The van der Waals surface area contributed by atoms with Crippen LogP contribution in [0.15, 0.2) is 12.1 Å². The largest absolute Gasteiger partial charge is 0.508 e. The molecule has 1 aliphatic heterocycles. The van der Waals surface area contributed by atoms with Gasteiger partial charge in [0.2, 0.25) is 0 Å². The van der Waals surface area contributed by atoms with Crippen LogP contribution in [0, 0.1) is 0 Å². The topological polar surface area (TPSA) is 78.8 Å². The first kappa shape index (κ1) is 12.7. The van der Waals surface area contributed by atoms with Crippen molar-refractivity contribution in [3.63, 3.8) is 0 Å². The second-order valence-electron chi connectivity index (χ2n) is 4.46. The van der Waals surface area contributed by atoms with Crippen LogP contribution in [0.1, 0.15) is 34.7 Å². The summed E-state index contributed by atoms with van der Waals surface area (Å²) in [5, 5.41) is 22.8. The van der Waals surface area contributed by atoms with E-state index in [-0.39, 0.29) is 23.0 Å². The van der Waals surface area contributed by atoms with Gasteiger partial charge in [-0.15, -0.1) is 0 Å². The zero-order valence-corrected chi connectivity index (χ0v) is 10.3. The van der Waals surface area contributed by atoms with Gasteiger partial charge in [-0.3, -0.25) is 0 Å². The standard InChI is InChI=1S/C13H17NO4/c1-18-13(17)10-5-9(11(15)6-12(10)16)8-3-2-4-14-7-8/h5-6,8,14-16H,2-4,7H2,1H3. The maximum absolute atomic E-state index is 11.5. The SMILES string of the molecule is COC(=O)c1cc(C2CCCNC2)c(O)cc1O. The number of ether oxygens (including phenoxy) is 1. The first-order chi connectivity index (χ1) is 8.63. The minimum absolute atomic E-state index is 0.0221. The Morgan fingerprint density at radius 3 is 2.78 bits per heavy atom. The van der Waals surface area contributed by atoms with E-state index in [2.05, 4.69) is 10.1 Å². The molecule has 1 saturated heterocycles. The van der Waals surface area contributed by atoms with Gasteiger partial charge in [-0.05, 0) is 31.0 Å². The van der Waals surface area contributed by atoms with Crippen LogP contribution in [-0.4, -0.2) is 36.4 Å². The average Bonchev–Trinajstić information content (AvgIpc) is 2.39. The van der Waals surface area contributed by atoms with Crippen molar-refractivity contribution in [3.05, 3.63) is 23.3 Å². The average molecular weight is 251 g/mol. The first-order valence-electron chi connectivity index (χ1n) is 5.98. The van der Waals surface area contributed by atoms with E-state index in [1.165, 1.54) is 19.2 Å². The maximum Gasteiger partial charge on any atom is 0.341 e. The fraction of sp³-hybridized carbons (Fsp3) is 0.462. The number of carbonyl (C=O) groups is 1. The van der Waals surface area contributed by atoms with E-state index in [0.717, 1.165) is 25.9 Å². The number of benzene rings is 1. The summed E-state index contributed by atoms with van der Waals surface area (Å²) < 4.78 is 4.60. The predicted molar refractivity (Wildman–Crippen MR) is 66.0 cm³/mol. The summed E-state index contributed by atoms with van der Waals surface area (Å²) in [6.07, 6.45) is 1.98. The van der Waals surface area contributed by atoms with Gasteiger partial charge in [0, 0.05) is 18.5 Å². The second-order valence-corrected chi connectivity index (χ2v) is 4.46. The Bertz CT molecular complexity index is 453. The number of aromatic hydroxyl groups is 2. The van der Waals surface area contributed by atoms with Crippen LogP contribution in [0.4, 0.5) is 0 Å². The summed E-state index contributed by atoms with van der Waals surface area (Å²) in [5.41, 5.74) is 0.774. The van der Waals surface area contributed by atoms with Crippen LogP contribution >= 0.6 is 0 Å². The van der Waals surface area contributed by atoms with Crippen molar-refractivity contribution in [2.24, 2.45) is 0 Å². The van der Waals surface area contributed by atoms with E-state index < -0.39 is 5.97 Å². The van der Waals surface area contributed by atoms with Gasteiger partial charge in [0.15, 0.2) is 0 Å². The van der Waals surface area contributed by atoms with Crippen LogP contribution in [0.2, 0.25) is 0 Å². The van der Waals surface area contributed by atoms with Crippen LogP contribution in [-0.2, 0) is 4.74 Å². The van der Waals surface area contributed by atoms with Crippen molar-refractivity contribution in [2.45, 2.75) is 18.8 Å². The van der Waals surface area contributed by atoms with Crippen molar-refractivity contribution in [2.75, 3.05) is 20.2 Å². The van der Waals surface area contributed by atoms with Gasteiger partial charge in [-0.1, -0.05) is 0 Å². The number of rotatable bonds is 2. The van der Waals surface area contributed by atoms with E-state index in [4.69, 9.17) is 0 Å². The molecule has 0 saturated carbocycles. The molecular weight excluding hydrogens is 234 g/mol. The number of carbonyl (C=O) groups excluding carboxylic acids is 1. The van der Waals surface area contributed by atoms with Crippen molar-refractivity contribution >= 4 is 5.97 Å². The lowest BCUT2D eigenvalue weighted by atomic mass is 9.89. The van der Waals surface area contributed by atoms with E-state index in [9.17, 15) is 15.0 Å². The summed E-state index contributed by atoms with van der Waals surface area (Å²) in [6.45, 7) is 1.73. The third-order valence-corrected chi connectivity index (χ3v) is 3.29. The number of hydrogen-bond acceptors (Lipinski definition) is 5. The van der Waals surface area contributed by atoms with Gasteiger partial charge in [-0.25, -0.2) is 4.79 Å². The van der Waals surface area contributed by atoms with Gasteiger partial charge < -0.3 is 20.3 Å². The molecule has 1 unspecified atom stereocenters. The molecule has 0 radical (unpaired) electrons. The van der Waals surface area contributed by atoms with Gasteiger partial charge >= 0.3 is 5.97 Å². The lowest BCUT2D eigenvalue weighted by Gasteiger charge is -2.24. The van der Waals surface area contributed by atoms with Crippen LogP contribution in [0.3, 0.4) is 0 Å². The monoisotopic (exact) mass is 251 g/mol. The number of piperidine rings is 1. The highest BCUT2D eigenvalue weighted by Crippen LogP contribution is 2.35. The Balaban J connectivity index is 2.37. The molecule has 2 rings (SSSR count). The third-order valence-electron chi connectivity index (χ3n) is 3.29. The highest BCUT2D eigenvalue weighted by atomic mass is 16.5. The van der Waals surface area contributed by atoms with Gasteiger partial charge in [0.25, 0.3) is 0 Å². The van der Waals surface area contributed by atoms with Gasteiger partial charge in [0.05, 0.1) is 7.11 Å². The number of methoxy groups -OCH3 is 1. The number of phenolic OH excluding ortho intramolecular Hbond substituents is 2. The van der Waals surface area contributed by atoms with E-state index >= 15 is 0 Å². The van der Waals surface area contributed by atoms with E-state index in [0.29, 0.717) is 5.56 Å². The molecule has 0 spiro atoms. The van der Waals surface area contributed by atoms with Crippen molar-refractivity contribution in [3.8, 4) is 11.5 Å². The van der Waals surface area contributed by atoms with Crippen LogP contribution in [0.5, 0.6) is 11.5 Å². The summed E-state index contributed by atoms with van der Waals surface area (Å²) >= 11 is 0. The molecule has 1 aromatic carbocycles. The molecule has 1 heterocycles. The Morgan fingerprint density at radius 2 is 2.17 bits per heavy atom. The Morgan fingerprint density at radius 1 is 1.39 bits per heavy atom. The molecular formula is C13H17NO4. The number of nitrogens with one attached hydrogen (secondary N) is 1. The molecule has 5 heteroatoms. The Kier molecular flexibility index (Phi) is 3.72. The third kappa shape index (κ3) is 2.41.